The van der Waals surface area contributed by atoms with Crippen LogP contribution in [0, 0.1) is 3.57 Å². The fourth-order valence-corrected chi connectivity index (χ4v) is 2.43. The zero-order valence-electron chi connectivity index (χ0n) is 9.70. The zero-order valence-corrected chi connectivity index (χ0v) is 11.9. The van der Waals surface area contributed by atoms with Crippen LogP contribution in [0.3, 0.4) is 0 Å². The molecule has 0 atom stereocenters. The molecule has 16 heavy (non-hydrogen) atoms. The van der Waals surface area contributed by atoms with Crippen molar-refractivity contribution in [1.82, 2.24) is 9.97 Å². The molecule has 1 aromatic heterocycles. The van der Waals surface area contributed by atoms with E-state index in [-0.39, 0.29) is 0 Å². The van der Waals surface area contributed by atoms with Gasteiger partial charge >= 0.3 is 0 Å². The van der Waals surface area contributed by atoms with Crippen LogP contribution in [0.25, 0.3) is 0 Å². The van der Waals surface area contributed by atoms with Crippen LogP contribution in [-0.4, -0.2) is 23.1 Å². The Labute approximate surface area is 110 Å². The molecule has 0 spiro atoms. The van der Waals surface area contributed by atoms with Gasteiger partial charge in [-0.2, -0.15) is 4.98 Å². The summed E-state index contributed by atoms with van der Waals surface area (Å²) in [5, 5.41) is 0. The highest BCUT2D eigenvalue weighted by atomic mass is 127. The summed E-state index contributed by atoms with van der Waals surface area (Å²) in [4.78, 5) is 11.2. The highest BCUT2D eigenvalue weighted by molar-refractivity contribution is 14.1. The summed E-state index contributed by atoms with van der Waals surface area (Å²) in [5.41, 5.74) is 7.10. The van der Waals surface area contributed by atoms with Crippen molar-refractivity contribution in [3.63, 3.8) is 0 Å². The minimum Gasteiger partial charge on any atom is -0.383 e. The maximum Gasteiger partial charge on any atom is 0.227 e. The number of aromatic nitrogens is 2. The van der Waals surface area contributed by atoms with E-state index < -0.39 is 0 Å². The maximum absolute atomic E-state index is 5.95. The molecule has 1 aliphatic rings. The third-order valence-electron chi connectivity index (χ3n) is 2.90. The summed E-state index contributed by atoms with van der Waals surface area (Å²) in [6.45, 7) is 6.05. The van der Waals surface area contributed by atoms with Gasteiger partial charge in [-0.3, -0.25) is 0 Å². The van der Waals surface area contributed by atoms with E-state index in [0.717, 1.165) is 28.3 Å². The number of halogens is 1. The van der Waals surface area contributed by atoms with Crippen LogP contribution in [0.2, 0.25) is 0 Å². The zero-order chi connectivity index (χ0) is 11.7. The molecular formula is C11H17IN4. The minimum absolute atomic E-state index is 0.617. The van der Waals surface area contributed by atoms with Gasteiger partial charge in [0.1, 0.15) is 5.82 Å². The van der Waals surface area contributed by atoms with Gasteiger partial charge in [0.25, 0.3) is 0 Å². The standard InChI is InChI=1S/C11H17IN4/c1-3-16(4-2)11-14-9(7-5-6-7)8(12)10(13)15-11/h7H,3-6H2,1-2H3,(H2,13,14,15). The lowest BCUT2D eigenvalue weighted by molar-refractivity contribution is 0.808. The van der Waals surface area contributed by atoms with Crippen molar-refractivity contribution in [2.75, 3.05) is 23.7 Å². The Morgan fingerprint density at radius 3 is 2.44 bits per heavy atom. The van der Waals surface area contributed by atoms with Crippen LogP contribution >= 0.6 is 22.6 Å². The van der Waals surface area contributed by atoms with Gasteiger partial charge in [0.05, 0.1) is 9.26 Å². The molecule has 1 aromatic rings. The van der Waals surface area contributed by atoms with Gasteiger partial charge in [-0.15, -0.1) is 0 Å². The van der Waals surface area contributed by atoms with E-state index in [0.29, 0.717) is 11.7 Å². The van der Waals surface area contributed by atoms with Crippen LogP contribution in [0.4, 0.5) is 11.8 Å². The van der Waals surface area contributed by atoms with Gasteiger partial charge in [-0.1, -0.05) is 0 Å². The van der Waals surface area contributed by atoms with Crippen molar-refractivity contribution in [2.24, 2.45) is 0 Å². The van der Waals surface area contributed by atoms with Crippen molar-refractivity contribution < 1.29 is 0 Å². The number of nitrogens with two attached hydrogens (primary N) is 1. The summed E-state index contributed by atoms with van der Waals surface area (Å²) < 4.78 is 1.04. The molecule has 1 saturated carbocycles. The predicted molar refractivity (Wildman–Crippen MR) is 74.7 cm³/mol. The van der Waals surface area contributed by atoms with Crippen molar-refractivity contribution in [1.29, 1.82) is 0 Å². The number of hydrogen-bond donors (Lipinski definition) is 1. The quantitative estimate of drug-likeness (QED) is 0.861. The monoisotopic (exact) mass is 332 g/mol. The molecule has 0 amide bonds. The summed E-state index contributed by atoms with van der Waals surface area (Å²) in [6.07, 6.45) is 2.48. The Balaban J connectivity index is 2.39. The molecule has 2 N–H and O–H groups in total. The van der Waals surface area contributed by atoms with Crippen molar-refractivity contribution in [2.45, 2.75) is 32.6 Å². The lowest BCUT2D eigenvalue weighted by atomic mass is 10.3. The first-order chi connectivity index (χ1) is 7.67. The molecule has 1 fully saturated rings. The number of nitrogens with zero attached hydrogens (tertiary/aromatic N) is 3. The lowest BCUT2D eigenvalue weighted by Gasteiger charge is -2.20. The van der Waals surface area contributed by atoms with E-state index in [1.54, 1.807) is 0 Å². The molecule has 1 heterocycles. The second-order valence-corrected chi connectivity index (χ2v) is 5.13. The number of nitrogen functional groups attached to an aromatic ring is 1. The van der Waals surface area contributed by atoms with Crippen LogP contribution in [-0.2, 0) is 0 Å². The van der Waals surface area contributed by atoms with Crippen LogP contribution in [0.15, 0.2) is 0 Å². The van der Waals surface area contributed by atoms with Crippen LogP contribution in [0.1, 0.15) is 38.3 Å². The molecular weight excluding hydrogens is 315 g/mol. The van der Waals surface area contributed by atoms with Gasteiger partial charge in [-0.25, -0.2) is 4.98 Å². The van der Waals surface area contributed by atoms with E-state index >= 15 is 0 Å². The van der Waals surface area contributed by atoms with E-state index in [1.165, 1.54) is 12.8 Å². The maximum atomic E-state index is 5.95. The molecule has 5 heteroatoms. The first-order valence-electron chi connectivity index (χ1n) is 5.75. The number of anilines is 2. The van der Waals surface area contributed by atoms with Crippen molar-refractivity contribution in [3.8, 4) is 0 Å². The van der Waals surface area contributed by atoms with E-state index in [1.807, 2.05) is 0 Å². The number of rotatable bonds is 4. The SMILES string of the molecule is CCN(CC)c1nc(N)c(I)c(C2CC2)n1. The molecule has 2 rings (SSSR count). The van der Waals surface area contributed by atoms with Gasteiger partial charge in [0, 0.05) is 19.0 Å². The van der Waals surface area contributed by atoms with Crippen molar-refractivity contribution >= 4 is 34.4 Å². The third-order valence-corrected chi connectivity index (χ3v) is 4.01. The molecule has 0 bridgehead atoms. The summed E-state index contributed by atoms with van der Waals surface area (Å²) in [6, 6.07) is 0. The van der Waals surface area contributed by atoms with Gasteiger partial charge in [0.2, 0.25) is 5.95 Å². The second kappa shape index (κ2) is 4.73. The fraction of sp³-hybridized carbons (Fsp3) is 0.636. The first-order valence-corrected chi connectivity index (χ1v) is 6.83. The van der Waals surface area contributed by atoms with E-state index in [2.05, 4.69) is 51.3 Å². The van der Waals surface area contributed by atoms with Crippen LogP contribution in [0.5, 0.6) is 0 Å². The second-order valence-electron chi connectivity index (χ2n) is 4.05. The molecule has 0 saturated heterocycles. The Kier molecular flexibility index (Phi) is 3.51. The first kappa shape index (κ1) is 11.9. The van der Waals surface area contributed by atoms with Gasteiger partial charge in [0.15, 0.2) is 0 Å². The Morgan fingerprint density at radius 2 is 1.94 bits per heavy atom. The average molecular weight is 332 g/mol. The lowest BCUT2D eigenvalue weighted by Crippen LogP contribution is -2.25. The summed E-state index contributed by atoms with van der Waals surface area (Å²) in [5.74, 6) is 2.02. The smallest absolute Gasteiger partial charge is 0.227 e. The molecule has 0 radical (unpaired) electrons. The normalized spacial score (nSPS) is 15.2. The van der Waals surface area contributed by atoms with E-state index in [9.17, 15) is 0 Å². The number of hydrogen-bond acceptors (Lipinski definition) is 4. The molecule has 0 aliphatic heterocycles. The summed E-state index contributed by atoms with van der Waals surface area (Å²) >= 11 is 2.26. The van der Waals surface area contributed by atoms with Crippen molar-refractivity contribution in [3.05, 3.63) is 9.26 Å². The fourth-order valence-electron chi connectivity index (χ4n) is 1.74. The largest absolute Gasteiger partial charge is 0.383 e. The topological polar surface area (TPSA) is 55.0 Å². The van der Waals surface area contributed by atoms with Gasteiger partial charge in [-0.05, 0) is 49.3 Å². The van der Waals surface area contributed by atoms with Gasteiger partial charge < -0.3 is 10.6 Å². The highest BCUT2D eigenvalue weighted by Gasteiger charge is 2.29. The molecule has 0 aromatic carbocycles. The highest BCUT2D eigenvalue weighted by Crippen LogP contribution is 2.42. The molecule has 4 nitrogen and oxygen atoms in total. The summed E-state index contributed by atoms with van der Waals surface area (Å²) in [7, 11) is 0. The Bertz CT molecular complexity index is 386. The molecule has 0 unspecified atom stereocenters. The molecule has 1 aliphatic carbocycles. The average Bonchev–Trinajstić information content (AvgIpc) is 3.08. The van der Waals surface area contributed by atoms with E-state index in [4.69, 9.17) is 5.73 Å². The van der Waals surface area contributed by atoms with Crippen LogP contribution < -0.4 is 10.6 Å². The third kappa shape index (κ3) is 2.23. The Morgan fingerprint density at radius 1 is 1.31 bits per heavy atom. The Hall–Kier alpha value is -0.590. The minimum atomic E-state index is 0.617. The predicted octanol–water partition coefficient (Wildman–Crippen LogP) is 2.39. The molecule has 88 valence electrons.